The van der Waals surface area contributed by atoms with Gasteiger partial charge in [-0.25, -0.2) is 4.79 Å². The zero-order chi connectivity index (χ0) is 19.3. The molecule has 5 rings (SSSR count). The van der Waals surface area contributed by atoms with Crippen LogP contribution < -0.4 is 5.63 Å². The fourth-order valence-corrected chi connectivity index (χ4v) is 4.00. The molecule has 0 saturated carbocycles. The maximum atomic E-state index is 12.5. The molecule has 0 aliphatic rings. The number of phenolic OH excluding ortho intramolecular Hbond substituents is 1. The topological polar surface area (TPSA) is 63.3 Å². The predicted molar refractivity (Wildman–Crippen MR) is 114 cm³/mol. The first kappa shape index (κ1) is 17.0. The number of para-hydroxylation sites is 1. The van der Waals surface area contributed by atoms with Crippen LogP contribution in [0.3, 0.4) is 0 Å². The first-order valence-electron chi connectivity index (χ1n) is 8.81. The summed E-state index contributed by atoms with van der Waals surface area (Å²) in [5.74, 6) is 0.223. The van der Waals surface area contributed by atoms with Crippen LogP contribution in [0.5, 0.6) is 5.75 Å². The van der Waals surface area contributed by atoms with Gasteiger partial charge < -0.3 is 9.52 Å². The third kappa shape index (κ3) is 2.75. The van der Waals surface area contributed by atoms with E-state index in [0.29, 0.717) is 22.9 Å². The van der Waals surface area contributed by atoms with Crippen LogP contribution in [0.15, 0.2) is 80.5 Å². The summed E-state index contributed by atoms with van der Waals surface area (Å²) in [6.45, 7) is 0. The zero-order valence-electron chi connectivity index (χ0n) is 14.6. The van der Waals surface area contributed by atoms with Gasteiger partial charge in [-0.15, -0.1) is 0 Å². The average molecular weight is 432 g/mol. The van der Waals surface area contributed by atoms with Crippen molar-refractivity contribution in [3.05, 3.63) is 92.9 Å². The molecule has 0 atom stereocenters. The number of rotatable bonds is 2. The number of hydrogen-bond donors (Lipinski definition) is 1. The quantitative estimate of drug-likeness (QED) is 0.293. The molecule has 136 valence electrons. The minimum atomic E-state index is -0.408. The second kappa shape index (κ2) is 6.46. The van der Waals surface area contributed by atoms with Crippen LogP contribution in [0, 0.1) is 0 Å². The van der Waals surface area contributed by atoms with Crippen LogP contribution in [0.1, 0.15) is 11.1 Å². The van der Waals surface area contributed by atoms with Crippen molar-refractivity contribution in [2.24, 2.45) is 0 Å². The molecular weight excluding hydrogens is 418 g/mol. The van der Waals surface area contributed by atoms with Gasteiger partial charge in [0.2, 0.25) is 0 Å². The monoisotopic (exact) mass is 431 g/mol. The second-order valence-corrected chi connectivity index (χ2v) is 7.65. The standard InChI is InChI=1S/C23H14BrNO3/c24-15-6-7-16-14(11-15)5-8-20(26)18(16)9-13-10-19-22(25-12-13)17-3-1-2-4-21(17)28-23(19)27/h1-8,10-12,26H,9H2. The van der Waals surface area contributed by atoms with Crippen LogP contribution in [0.25, 0.3) is 32.6 Å². The Morgan fingerprint density at radius 1 is 0.964 bits per heavy atom. The minimum Gasteiger partial charge on any atom is -0.508 e. The largest absolute Gasteiger partial charge is 0.508 e. The first-order chi connectivity index (χ1) is 13.6. The molecule has 0 radical (unpaired) electrons. The number of hydrogen-bond acceptors (Lipinski definition) is 4. The minimum absolute atomic E-state index is 0.223. The molecule has 2 heterocycles. The third-order valence-corrected chi connectivity index (χ3v) is 5.45. The maximum Gasteiger partial charge on any atom is 0.345 e. The smallest absolute Gasteiger partial charge is 0.345 e. The lowest BCUT2D eigenvalue weighted by Gasteiger charge is -2.10. The van der Waals surface area contributed by atoms with Crippen LogP contribution in [-0.2, 0) is 6.42 Å². The van der Waals surface area contributed by atoms with Gasteiger partial charge in [-0.2, -0.15) is 0 Å². The van der Waals surface area contributed by atoms with Crippen molar-refractivity contribution < 1.29 is 9.52 Å². The number of aromatic nitrogens is 1. The zero-order valence-corrected chi connectivity index (χ0v) is 16.2. The molecule has 3 aromatic carbocycles. The van der Waals surface area contributed by atoms with E-state index in [4.69, 9.17) is 4.42 Å². The van der Waals surface area contributed by atoms with E-state index in [9.17, 15) is 9.90 Å². The molecule has 0 amide bonds. The highest BCUT2D eigenvalue weighted by Gasteiger charge is 2.12. The fraction of sp³-hybridized carbons (Fsp3) is 0.0435. The van der Waals surface area contributed by atoms with E-state index in [0.717, 1.165) is 31.8 Å². The van der Waals surface area contributed by atoms with E-state index < -0.39 is 5.63 Å². The Morgan fingerprint density at radius 3 is 2.71 bits per heavy atom. The van der Waals surface area contributed by atoms with Gasteiger partial charge in [0.05, 0.1) is 10.9 Å². The summed E-state index contributed by atoms with van der Waals surface area (Å²) >= 11 is 3.48. The summed E-state index contributed by atoms with van der Waals surface area (Å²) in [5.41, 5.74) is 2.38. The van der Waals surface area contributed by atoms with Crippen LogP contribution in [0.2, 0.25) is 0 Å². The summed E-state index contributed by atoms with van der Waals surface area (Å²) in [4.78, 5) is 17.0. The summed E-state index contributed by atoms with van der Waals surface area (Å²) in [6, 6.07) is 18.7. The van der Waals surface area contributed by atoms with Gasteiger partial charge in [0.25, 0.3) is 0 Å². The molecule has 0 unspecified atom stereocenters. The Labute approximate surface area is 168 Å². The lowest BCUT2D eigenvalue weighted by Crippen LogP contribution is -2.02. The van der Waals surface area contributed by atoms with Crippen molar-refractivity contribution in [1.82, 2.24) is 4.98 Å². The molecule has 28 heavy (non-hydrogen) atoms. The average Bonchev–Trinajstić information content (AvgIpc) is 2.70. The van der Waals surface area contributed by atoms with Crippen LogP contribution in [0.4, 0.5) is 0 Å². The predicted octanol–water partition coefficient (Wildman–Crippen LogP) is 5.55. The summed E-state index contributed by atoms with van der Waals surface area (Å²) in [7, 11) is 0. The van der Waals surface area contributed by atoms with E-state index >= 15 is 0 Å². The van der Waals surface area contributed by atoms with Gasteiger partial charge >= 0.3 is 5.63 Å². The molecule has 2 aromatic heterocycles. The first-order valence-corrected chi connectivity index (χ1v) is 9.60. The molecule has 0 saturated heterocycles. The van der Waals surface area contributed by atoms with E-state index in [-0.39, 0.29) is 5.75 Å². The van der Waals surface area contributed by atoms with E-state index in [1.165, 1.54) is 0 Å². The van der Waals surface area contributed by atoms with Crippen molar-refractivity contribution in [2.45, 2.75) is 6.42 Å². The molecule has 5 aromatic rings. The van der Waals surface area contributed by atoms with Crippen molar-refractivity contribution in [1.29, 1.82) is 0 Å². The maximum absolute atomic E-state index is 12.5. The number of benzene rings is 3. The highest BCUT2D eigenvalue weighted by molar-refractivity contribution is 9.10. The Kier molecular flexibility index (Phi) is 3.91. The molecule has 4 nitrogen and oxygen atoms in total. The molecule has 0 aliphatic heterocycles. The molecule has 0 spiro atoms. The van der Waals surface area contributed by atoms with Crippen molar-refractivity contribution >= 4 is 48.6 Å². The Bertz CT molecular complexity index is 1440. The van der Waals surface area contributed by atoms with Gasteiger partial charge in [-0.1, -0.05) is 40.2 Å². The van der Waals surface area contributed by atoms with Crippen molar-refractivity contribution in [3.63, 3.8) is 0 Å². The highest BCUT2D eigenvalue weighted by Crippen LogP contribution is 2.31. The number of aromatic hydroxyl groups is 1. The highest BCUT2D eigenvalue weighted by atomic mass is 79.9. The summed E-state index contributed by atoms with van der Waals surface area (Å²) in [6.07, 6.45) is 2.21. The molecular formula is C23H14BrNO3. The van der Waals surface area contributed by atoms with Gasteiger partial charge in [0.1, 0.15) is 11.3 Å². The van der Waals surface area contributed by atoms with Crippen LogP contribution >= 0.6 is 15.9 Å². The molecule has 5 heteroatoms. The molecule has 0 aliphatic carbocycles. The van der Waals surface area contributed by atoms with E-state index in [1.54, 1.807) is 24.4 Å². The van der Waals surface area contributed by atoms with Crippen molar-refractivity contribution in [2.75, 3.05) is 0 Å². The molecule has 1 N–H and O–H groups in total. The van der Waals surface area contributed by atoms with Gasteiger partial charge in [-0.05, 0) is 52.7 Å². The van der Waals surface area contributed by atoms with Crippen molar-refractivity contribution in [3.8, 4) is 5.75 Å². The Balaban J connectivity index is 1.68. The van der Waals surface area contributed by atoms with E-state index in [2.05, 4.69) is 20.9 Å². The molecule has 0 fully saturated rings. The Hall–Kier alpha value is -3.18. The number of phenols is 1. The van der Waals surface area contributed by atoms with Gasteiger partial charge in [-0.3, -0.25) is 4.98 Å². The third-order valence-electron chi connectivity index (χ3n) is 4.96. The Morgan fingerprint density at radius 2 is 1.82 bits per heavy atom. The normalized spacial score (nSPS) is 11.5. The summed E-state index contributed by atoms with van der Waals surface area (Å²) < 4.78 is 6.42. The summed E-state index contributed by atoms with van der Waals surface area (Å²) in [5, 5.41) is 13.7. The lowest BCUT2D eigenvalue weighted by atomic mass is 9.97. The van der Waals surface area contributed by atoms with Crippen LogP contribution in [-0.4, -0.2) is 10.1 Å². The fourth-order valence-electron chi connectivity index (χ4n) is 3.62. The lowest BCUT2D eigenvalue weighted by molar-refractivity contribution is 0.470. The molecule has 0 bridgehead atoms. The SMILES string of the molecule is O=c1oc2ccccc2c2ncc(Cc3c(O)ccc4cc(Br)ccc34)cc12. The van der Waals surface area contributed by atoms with Gasteiger partial charge in [0, 0.05) is 28.0 Å². The number of fused-ring (bicyclic) bond motifs is 4. The second-order valence-electron chi connectivity index (χ2n) is 6.73. The number of nitrogens with zero attached hydrogens (tertiary/aromatic N) is 1. The van der Waals surface area contributed by atoms with Gasteiger partial charge in [0.15, 0.2) is 0 Å². The number of pyridine rings is 1. The number of halogens is 1. The van der Waals surface area contributed by atoms with E-state index in [1.807, 2.05) is 42.5 Å².